The number of β-amino-alcohol motifs (C(OH)–C–C–N with tert-alkyl or cyclic N) is 1. The zero-order valence-electron chi connectivity index (χ0n) is 5.94. The smallest absolute Gasteiger partial charge is 0.0951 e. The van der Waals surface area contributed by atoms with Crippen molar-refractivity contribution < 1.29 is 15.3 Å². The summed E-state index contributed by atoms with van der Waals surface area (Å²) in [5.41, 5.74) is 0. The van der Waals surface area contributed by atoms with E-state index in [1.807, 2.05) is 4.90 Å². The maximum Gasteiger partial charge on any atom is 0.0951 e. The number of aliphatic hydroxyl groups is 3. The van der Waals surface area contributed by atoms with E-state index in [2.05, 4.69) is 0 Å². The molecular weight excluding hydrogens is 134 g/mol. The van der Waals surface area contributed by atoms with Gasteiger partial charge in [-0.1, -0.05) is 0 Å². The SMILES string of the molecule is CN1C[C@@H](O)[C@H]1[C@H](O)CO. The van der Waals surface area contributed by atoms with Crippen LogP contribution in [0.15, 0.2) is 0 Å². The van der Waals surface area contributed by atoms with Crippen LogP contribution in [0.1, 0.15) is 0 Å². The van der Waals surface area contributed by atoms with Gasteiger partial charge in [-0.15, -0.1) is 0 Å². The first kappa shape index (κ1) is 7.94. The zero-order chi connectivity index (χ0) is 7.72. The summed E-state index contributed by atoms with van der Waals surface area (Å²) in [5.74, 6) is 0. The average molecular weight is 147 g/mol. The van der Waals surface area contributed by atoms with Crippen LogP contribution >= 0.6 is 0 Å². The fourth-order valence-corrected chi connectivity index (χ4v) is 1.34. The minimum absolute atomic E-state index is 0.273. The molecule has 1 heterocycles. The first-order chi connectivity index (χ1) is 4.66. The van der Waals surface area contributed by atoms with Crippen LogP contribution in [-0.4, -0.2) is 58.7 Å². The third-order valence-corrected chi connectivity index (χ3v) is 1.96. The summed E-state index contributed by atoms with van der Waals surface area (Å²) < 4.78 is 0. The highest BCUT2D eigenvalue weighted by Crippen LogP contribution is 2.18. The molecule has 0 saturated carbocycles. The summed E-state index contributed by atoms with van der Waals surface area (Å²) in [7, 11) is 1.80. The summed E-state index contributed by atoms with van der Waals surface area (Å²) in [6, 6.07) is -0.273. The number of hydrogen-bond donors (Lipinski definition) is 3. The van der Waals surface area contributed by atoms with Crippen LogP contribution < -0.4 is 0 Å². The van der Waals surface area contributed by atoms with Gasteiger partial charge in [0.15, 0.2) is 0 Å². The molecule has 4 nitrogen and oxygen atoms in total. The van der Waals surface area contributed by atoms with Crippen molar-refractivity contribution >= 4 is 0 Å². The van der Waals surface area contributed by atoms with Gasteiger partial charge >= 0.3 is 0 Å². The molecule has 1 saturated heterocycles. The Morgan fingerprint density at radius 2 is 2.30 bits per heavy atom. The second kappa shape index (κ2) is 2.84. The molecule has 0 aromatic carbocycles. The summed E-state index contributed by atoms with van der Waals surface area (Å²) in [5, 5.41) is 26.7. The lowest BCUT2D eigenvalue weighted by atomic mass is 9.95. The Bertz CT molecular complexity index is 112. The molecule has 0 amide bonds. The Labute approximate surface area is 59.7 Å². The highest BCUT2D eigenvalue weighted by Gasteiger charge is 2.39. The van der Waals surface area contributed by atoms with Crippen molar-refractivity contribution in [3.05, 3.63) is 0 Å². The molecular formula is C6H13NO3. The fraction of sp³-hybridized carbons (Fsp3) is 1.00. The first-order valence-corrected chi connectivity index (χ1v) is 3.34. The van der Waals surface area contributed by atoms with Gasteiger partial charge in [0, 0.05) is 6.54 Å². The molecule has 0 spiro atoms. The number of nitrogens with zero attached hydrogens (tertiary/aromatic N) is 1. The molecule has 3 atom stereocenters. The van der Waals surface area contributed by atoms with Gasteiger partial charge in [-0.25, -0.2) is 0 Å². The number of hydrogen-bond acceptors (Lipinski definition) is 4. The monoisotopic (exact) mass is 147 g/mol. The van der Waals surface area contributed by atoms with Crippen LogP contribution in [0.2, 0.25) is 0 Å². The van der Waals surface area contributed by atoms with E-state index in [4.69, 9.17) is 15.3 Å². The van der Waals surface area contributed by atoms with Gasteiger partial charge in [0.25, 0.3) is 0 Å². The summed E-state index contributed by atoms with van der Waals surface area (Å²) >= 11 is 0. The standard InChI is InChI=1S/C6H13NO3/c1-7-2-4(9)6(7)5(10)3-8/h4-6,8-10H,2-3H2,1H3/t4-,5-,6+/m1/s1. The van der Waals surface area contributed by atoms with E-state index in [0.717, 1.165) is 0 Å². The predicted molar refractivity (Wildman–Crippen MR) is 35.5 cm³/mol. The number of likely N-dealkylation sites (tertiary alicyclic amines) is 1. The molecule has 0 radical (unpaired) electrons. The quantitative estimate of drug-likeness (QED) is 0.423. The Balaban J connectivity index is 2.38. The van der Waals surface area contributed by atoms with Crippen LogP contribution in [0.25, 0.3) is 0 Å². The van der Waals surface area contributed by atoms with Gasteiger partial charge in [0.05, 0.1) is 24.9 Å². The van der Waals surface area contributed by atoms with Crippen LogP contribution in [0, 0.1) is 0 Å². The molecule has 0 unspecified atom stereocenters. The van der Waals surface area contributed by atoms with Gasteiger partial charge < -0.3 is 15.3 Å². The molecule has 0 aliphatic carbocycles. The van der Waals surface area contributed by atoms with Crippen molar-refractivity contribution in [3.8, 4) is 0 Å². The minimum atomic E-state index is -0.811. The highest BCUT2D eigenvalue weighted by molar-refractivity contribution is 4.94. The normalized spacial score (nSPS) is 37.2. The van der Waals surface area contributed by atoms with Crippen molar-refractivity contribution in [3.63, 3.8) is 0 Å². The highest BCUT2D eigenvalue weighted by atomic mass is 16.3. The van der Waals surface area contributed by atoms with Crippen molar-refractivity contribution in [2.75, 3.05) is 20.2 Å². The van der Waals surface area contributed by atoms with Gasteiger partial charge in [0.1, 0.15) is 0 Å². The largest absolute Gasteiger partial charge is 0.394 e. The van der Waals surface area contributed by atoms with Crippen molar-refractivity contribution in [2.24, 2.45) is 0 Å². The van der Waals surface area contributed by atoms with Gasteiger partial charge in [-0.2, -0.15) is 0 Å². The van der Waals surface area contributed by atoms with Crippen molar-refractivity contribution in [1.82, 2.24) is 4.90 Å². The van der Waals surface area contributed by atoms with E-state index in [1.165, 1.54) is 0 Å². The third-order valence-electron chi connectivity index (χ3n) is 1.96. The summed E-state index contributed by atoms with van der Waals surface area (Å²) in [6.07, 6.45) is -1.29. The first-order valence-electron chi connectivity index (χ1n) is 3.34. The van der Waals surface area contributed by atoms with Crippen molar-refractivity contribution in [2.45, 2.75) is 18.2 Å². The molecule has 1 fully saturated rings. The van der Waals surface area contributed by atoms with Crippen LogP contribution in [-0.2, 0) is 0 Å². The maximum atomic E-state index is 9.07. The molecule has 4 heteroatoms. The topological polar surface area (TPSA) is 63.9 Å². The van der Waals surface area contributed by atoms with E-state index < -0.39 is 12.2 Å². The zero-order valence-corrected chi connectivity index (χ0v) is 5.94. The van der Waals surface area contributed by atoms with Gasteiger partial charge in [-0.3, -0.25) is 4.90 Å². The van der Waals surface area contributed by atoms with Gasteiger partial charge in [-0.05, 0) is 7.05 Å². The summed E-state index contributed by atoms with van der Waals surface area (Å²) in [4.78, 5) is 1.81. The Morgan fingerprint density at radius 1 is 1.70 bits per heavy atom. The minimum Gasteiger partial charge on any atom is -0.394 e. The molecule has 1 rings (SSSR count). The second-order valence-corrected chi connectivity index (χ2v) is 2.75. The number of likely N-dealkylation sites (N-methyl/N-ethyl adjacent to an activating group) is 1. The fourth-order valence-electron chi connectivity index (χ4n) is 1.34. The lowest BCUT2D eigenvalue weighted by Crippen LogP contribution is -2.63. The van der Waals surface area contributed by atoms with Crippen molar-refractivity contribution in [1.29, 1.82) is 0 Å². The Hall–Kier alpha value is -0.160. The second-order valence-electron chi connectivity index (χ2n) is 2.75. The maximum absolute atomic E-state index is 9.07. The molecule has 0 aromatic rings. The lowest BCUT2D eigenvalue weighted by Gasteiger charge is -2.44. The van der Waals surface area contributed by atoms with E-state index in [1.54, 1.807) is 7.05 Å². The molecule has 60 valence electrons. The Kier molecular flexibility index (Phi) is 2.25. The number of rotatable bonds is 2. The lowest BCUT2D eigenvalue weighted by molar-refractivity contribution is -0.112. The van der Waals surface area contributed by atoms with Crippen LogP contribution in [0.3, 0.4) is 0 Å². The predicted octanol–water partition coefficient (Wildman–Crippen LogP) is -1.99. The molecule has 0 aromatic heterocycles. The van der Waals surface area contributed by atoms with E-state index in [9.17, 15) is 0 Å². The van der Waals surface area contributed by atoms with E-state index in [0.29, 0.717) is 6.54 Å². The molecule has 1 aliphatic heterocycles. The average Bonchev–Trinajstić information content (AvgIpc) is 1.87. The van der Waals surface area contributed by atoms with Crippen LogP contribution in [0.4, 0.5) is 0 Å². The van der Waals surface area contributed by atoms with E-state index in [-0.39, 0.29) is 12.6 Å². The van der Waals surface area contributed by atoms with E-state index >= 15 is 0 Å². The Morgan fingerprint density at radius 3 is 2.50 bits per heavy atom. The molecule has 0 bridgehead atoms. The van der Waals surface area contributed by atoms with Crippen LogP contribution in [0.5, 0.6) is 0 Å². The summed E-state index contributed by atoms with van der Waals surface area (Å²) in [6.45, 7) is 0.299. The third kappa shape index (κ3) is 1.15. The number of aliphatic hydroxyl groups excluding tert-OH is 3. The molecule has 10 heavy (non-hydrogen) atoms. The molecule has 3 N–H and O–H groups in total. The van der Waals surface area contributed by atoms with Gasteiger partial charge in [0.2, 0.25) is 0 Å². The molecule has 1 aliphatic rings.